The Balaban J connectivity index is 0.000000461. The fourth-order valence-corrected chi connectivity index (χ4v) is 1.49. The van der Waals surface area contributed by atoms with Crippen LogP contribution in [0.4, 0.5) is 0 Å². The zero-order chi connectivity index (χ0) is 8.85. The van der Waals surface area contributed by atoms with Crippen LogP contribution in [-0.4, -0.2) is 0 Å². The first-order valence-electron chi connectivity index (χ1n) is 4.88. The van der Waals surface area contributed by atoms with Crippen molar-refractivity contribution in [1.82, 2.24) is 0 Å². The molecule has 1 aliphatic rings. The van der Waals surface area contributed by atoms with E-state index in [1.54, 1.807) is 0 Å². The zero-order valence-corrected chi connectivity index (χ0v) is 8.48. The van der Waals surface area contributed by atoms with Crippen molar-refractivity contribution in [3.8, 4) is 0 Å². The van der Waals surface area contributed by atoms with Crippen LogP contribution in [0.2, 0.25) is 0 Å². The van der Waals surface area contributed by atoms with E-state index >= 15 is 0 Å². The predicted molar refractivity (Wildman–Crippen MR) is 52.7 cm³/mol. The van der Waals surface area contributed by atoms with Gasteiger partial charge in [0.2, 0.25) is 0 Å². The Bertz CT molecular complexity index is 113. The van der Waals surface area contributed by atoms with Crippen molar-refractivity contribution in [1.29, 1.82) is 0 Å². The highest BCUT2D eigenvalue weighted by atomic mass is 14.2. The van der Waals surface area contributed by atoms with Gasteiger partial charge in [-0.25, -0.2) is 0 Å². The minimum Gasteiger partial charge on any atom is -0.0996 e. The normalized spacial score (nSPS) is 30.7. The molecule has 2 atom stereocenters. The standard InChI is InChI=1S/C9H16.C2H6/c1-7-4-5-8(2)9(3)6-7;1-2/h7-8H,3-6H2,1-2H3;1-2H3. The van der Waals surface area contributed by atoms with Crippen molar-refractivity contribution in [3.05, 3.63) is 12.2 Å². The molecule has 66 valence electrons. The average Bonchev–Trinajstić information content (AvgIpc) is 2.02. The molecule has 0 aromatic carbocycles. The van der Waals surface area contributed by atoms with Gasteiger partial charge >= 0.3 is 0 Å². The molecule has 1 saturated carbocycles. The van der Waals surface area contributed by atoms with Crippen molar-refractivity contribution in [3.63, 3.8) is 0 Å². The monoisotopic (exact) mass is 154 g/mol. The van der Waals surface area contributed by atoms with Crippen LogP contribution in [0.25, 0.3) is 0 Å². The van der Waals surface area contributed by atoms with Crippen LogP contribution in [0.3, 0.4) is 0 Å². The van der Waals surface area contributed by atoms with E-state index in [9.17, 15) is 0 Å². The number of hydrogen-bond donors (Lipinski definition) is 0. The Kier molecular flexibility index (Phi) is 5.27. The molecule has 2 unspecified atom stereocenters. The second-order valence-electron chi connectivity index (χ2n) is 3.45. The second kappa shape index (κ2) is 5.40. The van der Waals surface area contributed by atoms with Gasteiger partial charge in [0, 0.05) is 0 Å². The Morgan fingerprint density at radius 1 is 1.18 bits per heavy atom. The van der Waals surface area contributed by atoms with Crippen LogP contribution in [0.15, 0.2) is 12.2 Å². The lowest BCUT2D eigenvalue weighted by Gasteiger charge is -2.25. The molecule has 0 spiro atoms. The molecule has 0 radical (unpaired) electrons. The molecule has 1 fully saturated rings. The molecule has 0 aromatic rings. The largest absolute Gasteiger partial charge is 0.0996 e. The van der Waals surface area contributed by atoms with Gasteiger partial charge in [0.15, 0.2) is 0 Å². The fraction of sp³-hybridized carbons (Fsp3) is 0.818. The first-order valence-corrected chi connectivity index (χ1v) is 4.88. The van der Waals surface area contributed by atoms with Crippen LogP contribution in [0, 0.1) is 11.8 Å². The van der Waals surface area contributed by atoms with Crippen LogP contribution >= 0.6 is 0 Å². The van der Waals surface area contributed by atoms with E-state index in [4.69, 9.17) is 0 Å². The van der Waals surface area contributed by atoms with Gasteiger partial charge in [0.1, 0.15) is 0 Å². The maximum Gasteiger partial charge on any atom is -0.0234 e. The molecule has 0 heteroatoms. The third kappa shape index (κ3) is 3.60. The molecule has 1 aliphatic carbocycles. The first-order chi connectivity index (χ1) is 5.20. The molecule has 11 heavy (non-hydrogen) atoms. The summed E-state index contributed by atoms with van der Waals surface area (Å²) in [6.45, 7) is 12.6. The van der Waals surface area contributed by atoms with E-state index in [2.05, 4.69) is 20.4 Å². The Labute approximate surface area is 71.7 Å². The summed E-state index contributed by atoms with van der Waals surface area (Å²) >= 11 is 0. The number of hydrogen-bond acceptors (Lipinski definition) is 0. The van der Waals surface area contributed by atoms with E-state index in [0.29, 0.717) is 0 Å². The van der Waals surface area contributed by atoms with Gasteiger partial charge in [-0.05, 0) is 31.1 Å². The maximum atomic E-state index is 4.05. The van der Waals surface area contributed by atoms with Gasteiger partial charge in [0.25, 0.3) is 0 Å². The summed E-state index contributed by atoms with van der Waals surface area (Å²) in [5, 5.41) is 0. The predicted octanol–water partition coefficient (Wildman–Crippen LogP) is 4.02. The third-order valence-electron chi connectivity index (χ3n) is 2.40. The SMILES string of the molecule is C=C1CC(C)CCC1C.CC. The molecule has 0 amide bonds. The van der Waals surface area contributed by atoms with Crippen LogP contribution in [-0.2, 0) is 0 Å². The Morgan fingerprint density at radius 3 is 2.09 bits per heavy atom. The Hall–Kier alpha value is -0.260. The van der Waals surface area contributed by atoms with Crippen molar-refractivity contribution in [2.75, 3.05) is 0 Å². The van der Waals surface area contributed by atoms with Crippen LogP contribution < -0.4 is 0 Å². The lowest BCUT2D eigenvalue weighted by atomic mass is 9.81. The molecule has 0 aliphatic heterocycles. The summed E-state index contributed by atoms with van der Waals surface area (Å²) in [4.78, 5) is 0. The maximum absolute atomic E-state index is 4.05. The average molecular weight is 154 g/mol. The first kappa shape index (κ1) is 10.7. The van der Waals surface area contributed by atoms with E-state index in [0.717, 1.165) is 11.8 Å². The molecule has 0 aromatic heterocycles. The van der Waals surface area contributed by atoms with Crippen molar-refractivity contribution in [2.24, 2.45) is 11.8 Å². The number of rotatable bonds is 0. The quantitative estimate of drug-likeness (QED) is 0.462. The smallest absolute Gasteiger partial charge is 0.0234 e. The van der Waals surface area contributed by atoms with Gasteiger partial charge in [-0.15, -0.1) is 0 Å². The highest BCUT2D eigenvalue weighted by Crippen LogP contribution is 2.31. The van der Waals surface area contributed by atoms with Gasteiger partial charge in [0.05, 0.1) is 0 Å². The van der Waals surface area contributed by atoms with Crippen molar-refractivity contribution >= 4 is 0 Å². The summed E-state index contributed by atoms with van der Waals surface area (Å²) < 4.78 is 0. The summed E-state index contributed by atoms with van der Waals surface area (Å²) in [7, 11) is 0. The molecule has 0 saturated heterocycles. The summed E-state index contributed by atoms with van der Waals surface area (Å²) in [6, 6.07) is 0. The lowest BCUT2D eigenvalue weighted by Crippen LogP contribution is -2.11. The van der Waals surface area contributed by atoms with Gasteiger partial charge in [-0.3, -0.25) is 0 Å². The Morgan fingerprint density at radius 2 is 1.73 bits per heavy atom. The summed E-state index contributed by atoms with van der Waals surface area (Å²) in [5.41, 5.74) is 1.47. The van der Waals surface area contributed by atoms with Crippen molar-refractivity contribution < 1.29 is 0 Å². The third-order valence-corrected chi connectivity index (χ3v) is 2.40. The molecule has 0 N–H and O–H groups in total. The topological polar surface area (TPSA) is 0 Å². The summed E-state index contributed by atoms with van der Waals surface area (Å²) in [5.74, 6) is 1.69. The van der Waals surface area contributed by atoms with E-state index in [1.807, 2.05) is 13.8 Å². The molecule has 0 bridgehead atoms. The van der Waals surface area contributed by atoms with Crippen molar-refractivity contribution in [2.45, 2.75) is 47.0 Å². The molecular weight excluding hydrogens is 132 g/mol. The van der Waals surface area contributed by atoms with Crippen LogP contribution in [0.1, 0.15) is 47.0 Å². The molecule has 0 nitrogen and oxygen atoms in total. The van der Waals surface area contributed by atoms with E-state index < -0.39 is 0 Å². The minimum absolute atomic E-state index is 0.793. The molecule has 1 rings (SSSR count). The van der Waals surface area contributed by atoms with E-state index in [1.165, 1.54) is 24.8 Å². The van der Waals surface area contributed by atoms with Crippen LogP contribution in [0.5, 0.6) is 0 Å². The molecular formula is C11H22. The van der Waals surface area contributed by atoms with E-state index in [-0.39, 0.29) is 0 Å². The summed E-state index contributed by atoms with van der Waals surface area (Å²) in [6.07, 6.45) is 4.03. The lowest BCUT2D eigenvalue weighted by molar-refractivity contribution is 0.388. The van der Waals surface area contributed by atoms with Gasteiger partial charge in [-0.2, -0.15) is 0 Å². The fourth-order valence-electron chi connectivity index (χ4n) is 1.49. The number of allylic oxidation sites excluding steroid dienone is 1. The highest BCUT2D eigenvalue weighted by molar-refractivity contribution is 5.02. The molecule has 0 heterocycles. The minimum atomic E-state index is 0.793. The zero-order valence-electron chi connectivity index (χ0n) is 8.48. The highest BCUT2D eigenvalue weighted by Gasteiger charge is 2.16. The second-order valence-corrected chi connectivity index (χ2v) is 3.45. The van der Waals surface area contributed by atoms with Gasteiger partial charge in [-0.1, -0.05) is 39.8 Å². The van der Waals surface area contributed by atoms with Gasteiger partial charge < -0.3 is 0 Å².